The van der Waals surface area contributed by atoms with Crippen molar-refractivity contribution >= 4 is 17.3 Å². The zero-order valence-corrected chi connectivity index (χ0v) is 11.1. The van der Waals surface area contributed by atoms with Crippen molar-refractivity contribution in [3.8, 4) is 0 Å². The number of aromatic nitrogens is 1. The Morgan fingerprint density at radius 3 is 2.74 bits per heavy atom. The van der Waals surface area contributed by atoms with Gasteiger partial charge >= 0.3 is 5.69 Å². The van der Waals surface area contributed by atoms with Crippen molar-refractivity contribution in [2.45, 2.75) is 32.6 Å². The molecule has 3 N–H and O–H groups in total. The highest BCUT2D eigenvalue weighted by Crippen LogP contribution is 2.29. The molecule has 19 heavy (non-hydrogen) atoms. The summed E-state index contributed by atoms with van der Waals surface area (Å²) in [6.07, 6.45) is 4.81. The van der Waals surface area contributed by atoms with E-state index < -0.39 is 4.92 Å². The Morgan fingerprint density at radius 2 is 2.11 bits per heavy atom. The molecule has 1 saturated carbocycles. The van der Waals surface area contributed by atoms with Crippen LogP contribution in [0.2, 0.25) is 0 Å². The van der Waals surface area contributed by atoms with Gasteiger partial charge in [-0.05, 0) is 30.7 Å². The summed E-state index contributed by atoms with van der Waals surface area (Å²) >= 11 is 0. The number of hydrogen-bond donors (Lipinski definition) is 2. The van der Waals surface area contributed by atoms with Crippen molar-refractivity contribution in [2.24, 2.45) is 11.8 Å². The smallest absolute Gasteiger partial charge is 0.311 e. The summed E-state index contributed by atoms with van der Waals surface area (Å²) in [6, 6.07) is 2.85. The van der Waals surface area contributed by atoms with Gasteiger partial charge in [-0.25, -0.2) is 4.98 Å². The average Bonchev–Trinajstić information content (AvgIpc) is 2.38. The predicted molar refractivity (Wildman–Crippen MR) is 74.9 cm³/mol. The molecule has 1 aromatic rings. The first kappa shape index (κ1) is 13.6. The Balaban J connectivity index is 1.98. The molecule has 1 aliphatic rings. The number of hydrogen-bond acceptors (Lipinski definition) is 5. The minimum absolute atomic E-state index is 0.0154. The van der Waals surface area contributed by atoms with Crippen LogP contribution in [0.25, 0.3) is 0 Å². The van der Waals surface area contributed by atoms with Gasteiger partial charge < -0.3 is 11.1 Å². The van der Waals surface area contributed by atoms with Gasteiger partial charge in [-0.2, -0.15) is 0 Å². The van der Waals surface area contributed by atoms with E-state index in [0.717, 1.165) is 12.5 Å². The van der Waals surface area contributed by atoms with Crippen molar-refractivity contribution in [3.05, 3.63) is 22.2 Å². The van der Waals surface area contributed by atoms with Gasteiger partial charge in [0.2, 0.25) is 5.82 Å². The molecule has 1 aromatic heterocycles. The number of rotatable bonds is 4. The normalized spacial score (nSPS) is 23.0. The second-order valence-electron chi connectivity index (χ2n) is 5.37. The van der Waals surface area contributed by atoms with E-state index in [1.165, 1.54) is 37.8 Å². The molecule has 104 valence electrons. The first-order valence-electron chi connectivity index (χ1n) is 6.71. The van der Waals surface area contributed by atoms with Crippen LogP contribution in [-0.2, 0) is 0 Å². The lowest BCUT2D eigenvalue weighted by Gasteiger charge is -2.26. The summed E-state index contributed by atoms with van der Waals surface area (Å²) in [7, 11) is 0. The van der Waals surface area contributed by atoms with E-state index >= 15 is 0 Å². The topological polar surface area (TPSA) is 94.1 Å². The van der Waals surface area contributed by atoms with Gasteiger partial charge in [-0.1, -0.05) is 19.8 Å². The first-order chi connectivity index (χ1) is 9.06. The minimum atomic E-state index is -0.433. The van der Waals surface area contributed by atoms with Crippen molar-refractivity contribution < 1.29 is 4.92 Å². The highest BCUT2D eigenvalue weighted by molar-refractivity contribution is 5.59. The molecule has 1 fully saturated rings. The Hall–Kier alpha value is -1.85. The number of nitro groups is 1. The molecule has 6 nitrogen and oxygen atoms in total. The molecule has 0 aromatic carbocycles. The van der Waals surface area contributed by atoms with Crippen LogP contribution in [0.15, 0.2) is 12.1 Å². The molecule has 2 rings (SSSR count). The van der Waals surface area contributed by atoms with Crippen LogP contribution < -0.4 is 11.1 Å². The second kappa shape index (κ2) is 5.86. The van der Waals surface area contributed by atoms with Crippen LogP contribution in [-0.4, -0.2) is 16.5 Å². The number of nitrogens with one attached hydrogen (secondary N) is 1. The fraction of sp³-hybridized carbons (Fsp3) is 0.615. The van der Waals surface area contributed by atoms with Crippen molar-refractivity contribution in [3.63, 3.8) is 0 Å². The Bertz CT molecular complexity index is 456. The third kappa shape index (κ3) is 3.56. The molecule has 1 heterocycles. The standard InChI is InChI=1S/C13H20N4O2/c1-9-2-4-10(5-3-9)8-15-13-11(17(18)19)6-7-12(14)16-13/h6-7,9-10H,2-5,8H2,1H3,(H3,14,15,16). The predicted octanol–water partition coefficient (Wildman–Crippen LogP) is 2.81. The van der Waals surface area contributed by atoms with Crippen LogP contribution in [0.3, 0.4) is 0 Å². The summed E-state index contributed by atoms with van der Waals surface area (Å²) in [5.41, 5.74) is 5.57. The van der Waals surface area contributed by atoms with Crippen LogP contribution in [0.1, 0.15) is 32.6 Å². The summed E-state index contributed by atoms with van der Waals surface area (Å²) in [5, 5.41) is 14.0. The van der Waals surface area contributed by atoms with Gasteiger partial charge in [0.15, 0.2) is 0 Å². The maximum Gasteiger partial charge on any atom is 0.311 e. The SMILES string of the molecule is CC1CCC(CNc2nc(N)ccc2[N+](=O)[O-])CC1. The number of nitrogens with zero attached hydrogens (tertiary/aromatic N) is 2. The largest absolute Gasteiger partial charge is 0.384 e. The van der Waals surface area contributed by atoms with Crippen molar-refractivity contribution in [1.82, 2.24) is 4.98 Å². The molecule has 0 saturated heterocycles. The maximum absolute atomic E-state index is 10.9. The minimum Gasteiger partial charge on any atom is -0.384 e. The van der Waals surface area contributed by atoms with E-state index in [-0.39, 0.29) is 11.5 Å². The Labute approximate surface area is 112 Å². The van der Waals surface area contributed by atoms with Crippen LogP contribution >= 0.6 is 0 Å². The maximum atomic E-state index is 10.9. The van der Waals surface area contributed by atoms with Gasteiger partial charge in [0.1, 0.15) is 5.82 Å². The third-order valence-electron chi connectivity index (χ3n) is 3.79. The molecule has 0 aliphatic heterocycles. The van der Waals surface area contributed by atoms with Crippen molar-refractivity contribution in [2.75, 3.05) is 17.6 Å². The van der Waals surface area contributed by atoms with Gasteiger partial charge in [-0.15, -0.1) is 0 Å². The van der Waals surface area contributed by atoms with E-state index in [4.69, 9.17) is 5.73 Å². The molecule has 6 heteroatoms. The first-order valence-corrected chi connectivity index (χ1v) is 6.71. The monoisotopic (exact) mass is 264 g/mol. The average molecular weight is 264 g/mol. The molecule has 0 bridgehead atoms. The van der Waals surface area contributed by atoms with Crippen LogP contribution in [0, 0.1) is 22.0 Å². The van der Waals surface area contributed by atoms with Gasteiger partial charge in [-0.3, -0.25) is 10.1 Å². The lowest BCUT2D eigenvalue weighted by molar-refractivity contribution is -0.384. The number of nitrogens with two attached hydrogens (primary N) is 1. The molecular weight excluding hydrogens is 244 g/mol. The lowest BCUT2D eigenvalue weighted by Crippen LogP contribution is -2.21. The zero-order chi connectivity index (χ0) is 13.8. The van der Waals surface area contributed by atoms with Gasteiger partial charge in [0, 0.05) is 12.6 Å². The zero-order valence-electron chi connectivity index (χ0n) is 11.1. The molecular formula is C13H20N4O2. The van der Waals surface area contributed by atoms with Crippen molar-refractivity contribution in [1.29, 1.82) is 0 Å². The molecule has 0 atom stereocenters. The number of pyridine rings is 1. The van der Waals surface area contributed by atoms with Crippen LogP contribution in [0.5, 0.6) is 0 Å². The summed E-state index contributed by atoms with van der Waals surface area (Å²) < 4.78 is 0. The highest BCUT2D eigenvalue weighted by Gasteiger charge is 2.20. The van der Waals surface area contributed by atoms with E-state index in [2.05, 4.69) is 17.2 Å². The van der Waals surface area contributed by atoms with Gasteiger partial charge in [0.05, 0.1) is 4.92 Å². The molecule has 0 radical (unpaired) electrons. The molecule has 1 aliphatic carbocycles. The summed E-state index contributed by atoms with van der Waals surface area (Å²) in [6.45, 7) is 3.00. The molecule has 0 unspecified atom stereocenters. The highest BCUT2D eigenvalue weighted by atomic mass is 16.6. The Morgan fingerprint density at radius 1 is 1.42 bits per heavy atom. The van der Waals surface area contributed by atoms with E-state index in [0.29, 0.717) is 11.7 Å². The number of anilines is 2. The molecule has 0 spiro atoms. The summed E-state index contributed by atoms with van der Waals surface area (Å²) in [4.78, 5) is 14.5. The summed E-state index contributed by atoms with van der Waals surface area (Å²) in [5.74, 6) is 1.95. The Kier molecular flexibility index (Phi) is 4.19. The molecule has 0 amide bonds. The number of nitrogen functional groups attached to an aromatic ring is 1. The van der Waals surface area contributed by atoms with Crippen LogP contribution in [0.4, 0.5) is 17.3 Å². The quantitative estimate of drug-likeness (QED) is 0.644. The fourth-order valence-electron chi connectivity index (χ4n) is 2.52. The second-order valence-corrected chi connectivity index (χ2v) is 5.37. The third-order valence-corrected chi connectivity index (χ3v) is 3.79. The van der Waals surface area contributed by atoms with E-state index in [1.807, 2.05) is 0 Å². The van der Waals surface area contributed by atoms with E-state index in [9.17, 15) is 10.1 Å². The fourth-order valence-corrected chi connectivity index (χ4v) is 2.52. The van der Waals surface area contributed by atoms with E-state index in [1.54, 1.807) is 0 Å². The lowest BCUT2D eigenvalue weighted by atomic mass is 9.83. The van der Waals surface area contributed by atoms with Gasteiger partial charge in [0.25, 0.3) is 0 Å².